The normalized spacial score (nSPS) is 22.1. The molecule has 2 aliphatic rings. The zero-order valence-corrected chi connectivity index (χ0v) is 15.2. The molecule has 0 bridgehead atoms. The molecule has 1 N–H and O–H groups in total. The van der Waals surface area contributed by atoms with Crippen LogP contribution in [0.3, 0.4) is 0 Å². The Morgan fingerprint density at radius 1 is 1.12 bits per heavy atom. The monoisotopic (exact) mass is 349 g/mol. The summed E-state index contributed by atoms with van der Waals surface area (Å²) in [7, 11) is 0. The second-order valence-corrected chi connectivity index (χ2v) is 8.16. The van der Waals surface area contributed by atoms with Gasteiger partial charge in [0.25, 0.3) is 0 Å². The van der Waals surface area contributed by atoms with Crippen LogP contribution in [0.2, 0.25) is 5.28 Å². The third-order valence-electron chi connectivity index (χ3n) is 4.42. The van der Waals surface area contributed by atoms with Gasteiger partial charge in [0, 0.05) is 18.1 Å². The molecule has 2 fully saturated rings. The minimum atomic E-state index is -0.129. The van der Waals surface area contributed by atoms with Gasteiger partial charge in [0.2, 0.25) is 5.28 Å². The van der Waals surface area contributed by atoms with E-state index >= 15 is 0 Å². The Morgan fingerprint density at radius 3 is 2.54 bits per heavy atom. The lowest BCUT2D eigenvalue weighted by Gasteiger charge is -2.25. The van der Waals surface area contributed by atoms with E-state index in [0.717, 1.165) is 36.4 Å². The molecule has 1 saturated heterocycles. The van der Waals surface area contributed by atoms with Gasteiger partial charge in [-0.2, -0.15) is 9.97 Å². The highest BCUT2D eigenvalue weighted by Crippen LogP contribution is 2.43. The smallest absolute Gasteiger partial charge is 0.226 e. The zero-order valence-electron chi connectivity index (χ0n) is 14.5. The van der Waals surface area contributed by atoms with Crippen molar-refractivity contribution in [3.05, 3.63) is 11.1 Å². The fourth-order valence-corrected chi connectivity index (χ4v) is 3.41. The van der Waals surface area contributed by atoms with E-state index in [1.807, 2.05) is 0 Å². The molecule has 24 heavy (non-hydrogen) atoms. The standard InChI is InChI=1S/C17H24ClN5O/c1-17(2,3)22-13-12-15(21-16(18)20-13)23(11-6-4-5-9-24-11)14(19-12)10-7-8-10/h10-11H,4-9H2,1-3H3,(H,20,21,22). The first-order chi connectivity index (χ1) is 11.4. The van der Waals surface area contributed by atoms with E-state index in [2.05, 4.69) is 40.6 Å². The Labute approximate surface area is 147 Å². The molecule has 1 saturated carbocycles. The van der Waals surface area contributed by atoms with Gasteiger partial charge in [0.1, 0.15) is 12.1 Å². The van der Waals surface area contributed by atoms with Crippen LogP contribution in [0.5, 0.6) is 0 Å². The van der Waals surface area contributed by atoms with Crippen molar-refractivity contribution < 1.29 is 4.74 Å². The van der Waals surface area contributed by atoms with E-state index in [0.29, 0.717) is 11.7 Å². The summed E-state index contributed by atoms with van der Waals surface area (Å²) in [4.78, 5) is 13.8. The van der Waals surface area contributed by atoms with Crippen LogP contribution in [0.15, 0.2) is 0 Å². The van der Waals surface area contributed by atoms with Gasteiger partial charge in [-0.1, -0.05) is 0 Å². The average Bonchev–Trinajstić information content (AvgIpc) is 3.27. The first kappa shape index (κ1) is 16.1. The summed E-state index contributed by atoms with van der Waals surface area (Å²) < 4.78 is 8.20. The molecule has 6 nitrogen and oxygen atoms in total. The van der Waals surface area contributed by atoms with Crippen molar-refractivity contribution >= 4 is 28.6 Å². The van der Waals surface area contributed by atoms with Crippen molar-refractivity contribution in [2.24, 2.45) is 0 Å². The van der Waals surface area contributed by atoms with Crippen molar-refractivity contribution in [1.82, 2.24) is 19.5 Å². The van der Waals surface area contributed by atoms with E-state index in [1.165, 1.54) is 19.3 Å². The third-order valence-corrected chi connectivity index (χ3v) is 4.59. The molecule has 7 heteroatoms. The number of fused-ring (bicyclic) bond motifs is 1. The van der Waals surface area contributed by atoms with Crippen LogP contribution in [0.25, 0.3) is 11.2 Å². The molecule has 2 aromatic rings. The molecule has 4 rings (SSSR count). The molecule has 1 atom stereocenters. The number of ether oxygens (including phenoxy) is 1. The fraction of sp³-hybridized carbons (Fsp3) is 0.706. The minimum Gasteiger partial charge on any atom is -0.363 e. The first-order valence-corrected chi connectivity index (χ1v) is 9.15. The van der Waals surface area contributed by atoms with Gasteiger partial charge in [-0.25, -0.2) is 4.98 Å². The highest BCUT2D eigenvalue weighted by molar-refractivity contribution is 6.28. The number of anilines is 1. The summed E-state index contributed by atoms with van der Waals surface area (Å²) in [5, 5.41) is 3.66. The summed E-state index contributed by atoms with van der Waals surface area (Å²) >= 11 is 6.22. The Balaban J connectivity index is 1.88. The summed E-state index contributed by atoms with van der Waals surface area (Å²) in [6.07, 6.45) is 5.65. The summed E-state index contributed by atoms with van der Waals surface area (Å²) in [6.45, 7) is 7.08. The number of nitrogens with zero attached hydrogens (tertiary/aromatic N) is 4. The van der Waals surface area contributed by atoms with Crippen molar-refractivity contribution in [1.29, 1.82) is 0 Å². The molecule has 2 aromatic heterocycles. The minimum absolute atomic E-state index is 0.00723. The number of hydrogen-bond acceptors (Lipinski definition) is 5. The lowest BCUT2D eigenvalue weighted by molar-refractivity contribution is -0.0313. The molecular formula is C17H24ClN5O. The molecular weight excluding hydrogens is 326 g/mol. The van der Waals surface area contributed by atoms with Crippen molar-refractivity contribution in [3.63, 3.8) is 0 Å². The van der Waals surface area contributed by atoms with E-state index in [9.17, 15) is 0 Å². The first-order valence-electron chi connectivity index (χ1n) is 8.77. The Kier molecular flexibility index (Phi) is 3.92. The van der Waals surface area contributed by atoms with Crippen molar-refractivity contribution in [3.8, 4) is 0 Å². The maximum atomic E-state index is 6.22. The number of halogens is 1. The van der Waals surface area contributed by atoms with Crippen LogP contribution in [0, 0.1) is 0 Å². The van der Waals surface area contributed by atoms with Gasteiger partial charge in [-0.3, -0.25) is 4.57 Å². The van der Waals surface area contributed by atoms with E-state index < -0.39 is 0 Å². The lowest BCUT2D eigenvalue weighted by Crippen LogP contribution is -2.27. The number of hydrogen-bond donors (Lipinski definition) is 1. The molecule has 1 aliphatic heterocycles. The predicted octanol–water partition coefficient (Wildman–Crippen LogP) is 4.27. The van der Waals surface area contributed by atoms with Crippen molar-refractivity contribution in [2.75, 3.05) is 11.9 Å². The number of imidazole rings is 1. The highest BCUT2D eigenvalue weighted by atomic mass is 35.5. The molecule has 3 heterocycles. The second kappa shape index (κ2) is 5.85. The molecule has 0 amide bonds. The molecule has 0 spiro atoms. The molecule has 130 valence electrons. The van der Waals surface area contributed by atoms with Gasteiger partial charge >= 0.3 is 0 Å². The number of rotatable bonds is 3. The summed E-state index contributed by atoms with van der Waals surface area (Å²) in [5.74, 6) is 2.28. The SMILES string of the molecule is CC(C)(C)Nc1nc(Cl)nc2c1nc(C1CC1)n2C1CCCCO1. The zero-order chi connectivity index (χ0) is 16.9. The number of aromatic nitrogens is 4. The fourth-order valence-electron chi connectivity index (χ4n) is 3.25. The van der Waals surface area contributed by atoms with Gasteiger partial charge < -0.3 is 10.1 Å². The summed E-state index contributed by atoms with van der Waals surface area (Å²) in [5.41, 5.74) is 1.45. The largest absolute Gasteiger partial charge is 0.363 e. The van der Waals surface area contributed by atoms with Crippen LogP contribution >= 0.6 is 11.6 Å². The van der Waals surface area contributed by atoms with Gasteiger partial charge in [-0.05, 0) is 64.5 Å². The average molecular weight is 350 g/mol. The molecule has 1 unspecified atom stereocenters. The molecule has 1 aliphatic carbocycles. The van der Waals surface area contributed by atoms with Crippen LogP contribution in [0.1, 0.15) is 70.8 Å². The second-order valence-electron chi connectivity index (χ2n) is 7.82. The van der Waals surface area contributed by atoms with Crippen molar-refractivity contribution in [2.45, 2.75) is 70.6 Å². The molecule has 0 aromatic carbocycles. The topological polar surface area (TPSA) is 64.9 Å². The quantitative estimate of drug-likeness (QED) is 0.838. The maximum absolute atomic E-state index is 6.22. The van der Waals surface area contributed by atoms with Gasteiger partial charge in [0.15, 0.2) is 17.0 Å². The summed E-state index contributed by atoms with van der Waals surface area (Å²) in [6, 6.07) is 0. The van der Waals surface area contributed by atoms with Crippen LogP contribution in [-0.4, -0.2) is 31.7 Å². The van der Waals surface area contributed by atoms with E-state index in [4.69, 9.17) is 21.3 Å². The third kappa shape index (κ3) is 3.09. The molecule has 0 radical (unpaired) electrons. The number of nitrogens with one attached hydrogen (secondary N) is 1. The lowest BCUT2D eigenvalue weighted by atomic mass is 10.1. The highest BCUT2D eigenvalue weighted by Gasteiger charge is 2.34. The van der Waals surface area contributed by atoms with E-state index in [1.54, 1.807) is 0 Å². The van der Waals surface area contributed by atoms with Crippen LogP contribution in [-0.2, 0) is 4.74 Å². The van der Waals surface area contributed by atoms with Gasteiger partial charge in [0.05, 0.1) is 0 Å². The van der Waals surface area contributed by atoms with Gasteiger partial charge in [-0.15, -0.1) is 0 Å². The van der Waals surface area contributed by atoms with Crippen LogP contribution in [0.4, 0.5) is 5.82 Å². The van der Waals surface area contributed by atoms with E-state index in [-0.39, 0.29) is 17.1 Å². The Morgan fingerprint density at radius 2 is 1.92 bits per heavy atom. The Hall–Kier alpha value is -1.40. The predicted molar refractivity (Wildman–Crippen MR) is 94.5 cm³/mol. The maximum Gasteiger partial charge on any atom is 0.226 e. The Bertz CT molecular complexity index is 756. The van der Waals surface area contributed by atoms with Crippen LogP contribution < -0.4 is 5.32 Å².